The number of hydrogen-bond acceptors (Lipinski definition) is 4. The summed E-state index contributed by atoms with van der Waals surface area (Å²) in [6.45, 7) is 0. The monoisotopic (exact) mass is 412 g/mol. The quantitative estimate of drug-likeness (QED) is 0.510. The number of carbonyl (C=O) groups excluding carboxylic acids is 1. The van der Waals surface area contributed by atoms with Crippen molar-refractivity contribution in [1.29, 1.82) is 5.26 Å². The number of hydrogen-bond donors (Lipinski definition) is 0. The molecule has 2 heterocycles. The van der Waals surface area contributed by atoms with E-state index in [1.165, 1.54) is 12.1 Å². The summed E-state index contributed by atoms with van der Waals surface area (Å²) in [7, 11) is 0. The summed E-state index contributed by atoms with van der Waals surface area (Å²) in [6.07, 6.45) is 6.21. The van der Waals surface area contributed by atoms with Crippen molar-refractivity contribution in [2.24, 2.45) is 5.92 Å². The lowest BCUT2D eigenvalue weighted by atomic mass is 9.91. The van der Waals surface area contributed by atoms with Crippen molar-refractivity contribution in [3.63, 3.8) is 0 Å². The SMILES string of the molecule is N#CC1CC(=O)OC(/C=C/c2c(C3CC3)nc3ccccc3c2-c2ccc(F)cc2)C1. The zero-order chi connectivity index (χ0) is 21.4. The molecule has 2 aromatic carbocycles. The second-order valence-corrected chi connectivity index (χ2v) is 8.24. The lowest BCUT2D eigenvalue weighted by Crippen LogP contribution is -2.27. The predicted molar refractivity (Wildman–Crippen MR) is 116 cm³/mol. The first-order chi connectivity index (χ1) is 15.1. The fourth-order valence-electron chi connectivity index (χ4n) is 4.26. The largest absolute Gasteiger partial charge is 0.458 e. The highest BCUT2D eigenvalue weighted by Crippen LogP contribution is 2.45. The van der Waals surface area contributed by atoms with Gasteiger partial charge < -0.3 is 4.74 Å². The minimum Gasteiger partial charge on any atom is -0.458 e. The van der Waals surface area contributed by atoms with E-state index in [0.717, 1.165) is 46.1 Å². The van der Waals surface area contributed by atoms with Gasteiger partial charge in [-0.15, -0.1) is 0 Å². The number of esters is 1. The van der Waals surface area contributed by atoms with Gasteiger partial charge in [0.25, 0.3) is 0 Å². The predicted octanol–water partition coefficient (Wildman–Crippen LogP) is 5.78. The van der Waals surface area contributed by atoms with Gasteiger partial charge in [0.2, 0.25) is 0 Å². The number of halogens is 1. The van der Waals surface area contributed by atoms with Gasteiger partial charge >= 0.3 is 5.97 Å². The van der Waals surface area contributed by atoms with Crippen LogP contribution in [0.25, 0.3) is 28.1 Å². The van der Waals surface area contributed by atoms with Gasteiger partial charge in [-0.2, -0.15) is 5.26 Å². The Labute approximate surface area is 180 Å². The summed E-state index contributed by atoms with van der Waals surface area (Å²) in [6, 6.07) is 16.7. The van der Waals surface area contributed by atoms with Crippen LogP contribution in [-0.4, -0.2) is 17.1 Å². The van der Waals surface area contributed by atoms with Crippen LogP contribution < -0.4 is 0 Å². The first-order valence-corrected chi connectivity index (χ1v) is 10.6. The van der Waals surface area contributed by atoms with Crippen LogP contribution in [0, 0.1) is 23.1 Å². The van der Waals surface area contributed by atoms with Crippen LogP contribution in [0.5, 0.6) is 0 Å². The van der Waals surface area contributed by atoms with Gasteiger partial charge in [-0.3, -0.25) is 9.78 Å². The molecular formula is C26H21FN2O2. The molecule has 0 radical (unpaired) electrons. The molecule has 0 spiro atoms. The Morgan fingerprint density at radius 1 is 1.13 bits per heavy atom. The van der Waals surface area contributed by atoms with Crippen molar-refractivity contribution in [2.75, 3.05) is 0 Å². The second-order valence-electron chi connectivity index (χ2n) is 8.24. The smallest absolute Gasteiger partial charge is 0.307 e. The number of para-hydroxylation sites is 1. The number of aromatic nitrogens is 1. The molecule has 1 saturated carbocycles. The van der Waals surface area contributed by atoms with Crippen molar-refractivity contribution < 1.29 is 13.9 Å². The molecule has 0 amide bonds. The maximum absolute atomic E-state index is 13.6. The van der Waals surface area contributed by atoms with Gasteiger partial charge in [-0.25, -0.2) is 4.39 Å². The lowest BCUT2D eigenvalue weighted by Gasteiger charge is -2.23. The third kappa shape index (κ3) is 3.94. The molecule has 31 heavy (non-hydrogen) atoms. The van der Waals surface area contributed by atoms with Crippen LogP contribution in [0.4, 0.5) is 4.39 Å². The number of cyclic esters (lactones) is 1. The maximum Gasteiger partial charge on any atom is 0.307 e. The third-order valence-electron chi connectivity index (χ3n) is 5.93. The third-order valence-corrected chi connectivity index (χ3v) is 5.93. The second kappa shape index (κ2) is 7.96. The summed E-state index contributed by atoms with van der Waals surface area (Å²) in [4.78, 5) is 16.8. The summed E-state index contributed by atoms with van der Waals surface area (Å²) in [5.74, 6) is -0.558. The number of fused-ring (bicyclic) bond motifs is 1. The summed E-state index contributed by atoms with van der Waals surface area (Å²) >= 11 is 0. The molecule has 1 aliphatic heterocycles. The fourth-order valence-corrected chi connectivity index (χ4v) is 4.26. The Balaban J connectivity index is 1.66. The van der Waals surface area contributed by atoms with E-state index in [4.69, 9.17) is 9.72 Å². The van der Waals surface area contributed by atoms with E-state index in [1.54, 1.807) is 12.1 Å². The van der Waals surface area contributed by atoms with Crippen molar-refractivity contribution >= 4 is 22.9 Å². The number of rotatable bonds is 4. The van der Waals surface area contributed by atoms with Gasteiger partial charge in [0, 0.05) is 28.9 Å². The molecule has 2 unspecified atom stereocenters. The highest BCUT2D eigenvalue weighted by Gasteiger charge is 2.30. The van der Waals surface area contributed by atoms with Gasteiger partial charge in [0.05, 0.1) is 29.6 Å². The Kier molecular flexibility index (Phi) is 4.99. The number of nitrogens with zero attached hydrogens (tertiary/aromatic N) is 2. The molecule has 5 rings (SSSR count). The van der Waals surface area contributed by atoms with Gasteiger partial charge in [0.15, 0.2) is 0 Å². The van der Waals surface area contributed by atoms with Gasteiger partial charge in [-0.05, 0) is 42.7 Å². The molecule has 5 heteroatoms. The van der Waals surface area contributed by atoms with E-state index in [2.05, 4.69) is 6.07 Å². The van der Waals surface area contributed by atoms with Gasteiger partial charge in [-0.1, -0.05) is 36.4 Å². The van der Waals surface area contributed by atoms with Crippen LogP contribution in [0.15, 0.2) is 54.6 Å². The lowest BCUT2D eigenvalue weighted by molar-refractivity contribution is -0.152. The van der Waals surface area contributed by atoms with Crippen molar-refractivity contribution in [3.8, 4) is 17.2 Å². The van der Waals surface area contributed by atoms with E-state index in [0.29, 0.717) is 12.3 Å². The van der Waals surface area contributed by atoms with Crippen LogP contribution >= 0.6 is 0 Å². The van der Waals surface area contributed by atoms with E-state index >= 15 is 0 Å². The zero-order valence-electron chi connectivity index (χ0n) is 16.9. The first kappa shape index (κ1) is 19.4. The summed E-state index contributed by atoms with van der Waals surface area (Å²) in [5, 5.41) is 10.2. The minimum atomic E-state index is -0.439. The molecule has 1 aromatic heterocycles. The topological polar surface area (TPSA) is 63.0 Å². The molecule has 2 aliphatic rings. The van der Waals surface area contributed by atoms with E-state index < -0.39 is 6.10 Å². The first-order valence-electron chi connectivity index (χ1n) is 10.6. The molecule has 0 bridgehead atoms. The highest BCUT2D eigenvalue weighted by molar-refractivity contribution is 5.99. The molecule has 4 nitrogen and oxygen atoms in total. The summed E-state index contributed by atoms with van der Waals surface area (Å²) in [5.41, 5.74) is 4.82. The van der Waals surface area contributed by atoms with Crippen LogP contribution in [0.2, 0.25) is 0 Å². The number of ether oxygens (including phenoxy) is 1. The average molecular weight is 412 g/mol. The van der Waals surface area contributed by atoms with Gasteiger partial charge in [0.1, 0.15) is 11.9 Å². The Morgan fingerprint density at radius 3 is 2.65 bits per heavy atom. The highest BCUT2D eigenvalue weighted by atomic mass is 19.1. The number of pyridine rings is 1. The Bertz CT molecular complexity index is 1220. The van der Waals surface area contributed by atoms with Crippen molar-refractivity contribution in [1.82, 2.24) is 4.98 Å². The van der Waals surface area contributed by atoms with Crippen LogP contribution in [0.3, 0.4) is 0 Å². The number of benzene rings is 2. The van der Waals surface area contributed by atoms with Crippen molar-refractivity contribution in [2.45, 2.75) is 37.7 Å². The minimum absolute atomic E-state index is 0.145. The van der Waals surface area contributed by atoms with Crippen molar-refractivity contribution in [3.05, 3.63) is 71.7 Å². The van der Waals surface area contributed by atoms with Crippen LogP contribution in [-0.2, 0) is 9.53 Å². The standard InChI is InChI=1S/C26H21FN2O2/c27-19-9-7-17(8-10-19)25-21-3-1-2-4-23(21)29-26(18-5-6-18)22(25)12-11-20-13-16(15-28)14-24(30)31-20/h1-4,7-12,16,18,20H,5-6,13-14H2/b12-11+. The number of carbonyl (C=O) groups is 1. The molecule has 1 saturated heterocycles. The molecule has 1 aliphatic carbocycles. The fraction of sp³-hybridized carbons (Fsp3) is 0.269. The van der Waals surface area contributed by atoms with E-state index in [9.17, 15) is 14.4 Å². The van der Waals surface area contributed by atoms with Crippen LogP contribution in [0.1, 0.15) is 42.9 Å². The molecule has 154 valence electrons. The average Bonchev–Trinajstić information content (AvgIpc) is 3.62. The molecule has 0 N–H and O–H groups in total. The summed E-state index contributed by atoms with van der Waals surface area (Å²) < 4.78 is 19.1. The van der Waals surface area contributed by atoms with E-state index in [1.807, 2.05) is 36.4 Å². The molecule has 2 fully saturated rings. The maximum atomic E-state index is 13.6. The Hall–Kier alpha value is -3.52. The molecular weight excluding hydrogens is 391 g/mol. The normalized spacial score (nSPS) is 21.2. The number of nitriles is 1. The van der Waals surface area contributed by atoms with E-state index in [-0.39, 0.29) is 24.1 Å². The Morgan fingerprint density at radius 2 is 1.90 bits per heavy atom. The zero-order valence-corrected chi connectivity index (χ0v) is 16.9. The molecule has 2 atom stereocenters. The molecule has 3 aromatic rings.